The average Bonchev–Trinajstić information content (AvgIpc) is 3.15. The zero-order chi connectivity index (χ0) is 16.4. The molecule has 0 unspecified atom stereocenters. The molecule has 0 saturated carbocycles. The number of ether oxygens (including phenoxy) is 1. The predicted molar refractivity (Wildman–Crippen MR) is 91.6 cm³/mol. The Kier molecular flexibility index (Phi) is 4.52. The molecule has 6 heteroatoms. The van der Waals surface area contributed by atoms with Gasteiger partial charge in [-0.1, -0.05) is 0 Å². The number of aryl methyl sites for hydroxylation is 1. The van der Waals surface area contributed by atoms with E-state index in [1.54, 1.807) is 7.11 Å². The van der Waals surface area contributed by atoms with E-state index in [0.29, 0.717) is 0 Å². The van der Waals surface area contributed by atoms with Gasteiger partial charge in [-0.05, 0) is 43.5 Å². The van der Waals surface area contributed by atoms with Crippen LogP contribution in [0.4, 0.5) is 5.13 Å². The van der Waals surface area contributed by atoms with Crippen molar-refractivity contribution in [2.75, 3.05) is 25.1 Å². The maximum atomic E-state index is 11.2. The molecule has 0 radical (unpaired) electrons. The fourth-order valence-electron chi connectivity index (χ4n) is 2.89. The molecule has 5 nitrogen and oxygen atoms in total. The molecular weight excluding hydrogens is 312 g/mol. The van der Waals surface area contributed by atoms with Crippen LogP contribution in [0.25, 0.3) is 11.3 Å². The lowest BCUT2D eigenvalue weighted by Crippen LogP contribution is -2.17. The molecule has 1 saturated heterocycles. The van der Waals surface area contributed by atoms with E-state index in [4.69, 9.17) is 9.72 Å². The van der Waals surface area contributed by atoms with Crippen LogP contribution in [0.1, 0.15) is 23.3 Å². The van der Waals surface area contributed by atoms with Crippen molar-refractivity contribution in [1.29, 1.82) is 0 Å². The van der Waals surface area contributed by atoms with Crippen LogP contribution in [0.15, 0.2) is 18.2 Å². The first-order valence-electron chi connectivity index (χ1n) is 7.70. The second-order valence-electron chi connectivity index (χ2n) is 5.72. The molecule has 23 heavy (non-hydrogen) atoms. The molecule has 1 aliphatic heterocycles. The largest absolute Gasteiger partial charge is 0.496 e. The minimum absolute atomic E-state index is 0.00587. The molecule has 3 rings (SSSR count). The highest BCUT2D eigenvalue weighted by Gasteiger charge is 2.21. The van der Waals surface area contributed by atoms with Crippen molar-refractivity contribution in [2.24, 2.45) is 0 Å². The summed E-state index contributed by atoms with van der Waals surface area (Å²) < 4.78 is 5.30. The Morgan fingerprint density at radius 2 is 2.13 bits per heavy atom. The Balaban J connectivity index is 2.01. The quantitative estimate of drug-likeness (QED) is 0.910. The Hall–Kier alpha value is -2.08. The SMILES string of the molecule is COc1ccc(-c2nc(N3CCCC3)sc2CC(=O)O)cc1C. The van der Waals surface area contributed by atoms with Crippen LogP contribution in [0.5, 0.6) is 5.75 Å². The number of thiazole rings is 1. The molecule has 1 aliphatic rings. The minimum Gasteiger partial charge on any atom is -0.496 e. The summed E-state index contributed by atoms with van der Waals surface area (Å²) in [6, 6.07) is 5.86. The summed E-state index contributed by atoms with van der Waals surface area (Å²) in [6.07, 6.45) is 2.35. The zero-order valence-electron chi connectivity index (χ0n) is 13.3. The van der Waals surface area contributed by atoms with Gasteiger partial charge in [-0.15, -0.1) is 11.3 Å². The molecule has 1 aromatic carbocycles. The Morgan fingerprint density at radius 3 is 2.74 bits per heavy atom. The van der Waals surface area contributed by atoms with Gasteiger partial charge in [-0.2, -0.15) is 0 Å². The van der Waals surface area contributed by atoms with Crippen molar-refractivity contribution in [2.45, 2.75) is 26.2 Å². The number of nitrogens with zero attached hydrogens (tertiary/aromatic N) is 2. The Morgan fingerprint density at radius 1 is 1.39 bits per heavy atom. The van der Waals surface area contributed by atoms with Crippen LogP contribution < -0.4 is 9.64 Å². The lowest BCUT2D eigenvalue weighted by molar-refractivity contribution is -0.136. The fraction of sp³-hybridized carbons (Fsp3) is 0.412. The van der Waals surface area contributed by atoms with Crippen LogP contribution >= 0.6 is 11.3 Å². The highest BCUT2D eigenvalue weighted by molar-refractivity contribution is 7.16. The first kappa shape index (κ1) is 15.8. The van der Waals surface area contributed by atoms with Gasteiger partial charge < -0.3 is 14.7 Å². The maximum absolute atomic E-state index is 11.2. The summed E-state index contributed by atoms with van der Waals surface area (Å²) in [5.41, 5.74) is 2.74. The molecule has 0 aliphatic carbocycles. The van der Waals surface area contributed by atoms with Crippen LogP contribution in [0.3, 0.4) is 0 Å². The van der Waals surface area contributed by atoms with Crippen molar-refractivity contribution >= 4 is 22.4 Å². The summed E-state index contributed by atoms with van der Waals surface area (Å²) >= 11 is 1.50. The third kappa shape index (κ3) is 3.32. The molecule has 0 atom stereocenters. The third-order valence-corrected chi connectivity index (χ3v) is 5.16. The van der Waals surface area contributed by atoms with Gasteiger partial charge in [0.05, 0.1) is 19.2 Å². The van der Waals surface area contributed by atoms with Crippen molar-refractivity contribution in [1.82, 2.24) is 4.98 Å². The van der Waals surface area contributed by atoms with Gasteiger partial charge in [0.15, 0.2) is 5.13 Å². The molecule has 1 aromatic heterocycles. The first-order chi connectivity index (χ1) is 11.1. The van der Waals surface area contributed by atoms with Crippen LogP contribution in [0, 0.1) is 6.92 Å². The molecule has 0 amide bonds. The topological polar surface area (TPSA) is 62.7 Å². The number of hydrogen-bond acceptors (Lipinski definition) is 5. The number of rotatable bonds is 5. The van der Waals surface area contributed by atoms with Gasteiger partial charge >= 0.3 is 5.97 Å². The van der Waals surface area contributed by atoms with E-state index in [9.17, 15) is 9.90 Å². The monoisotopic (exact) mass is 332 g/mol. The molecule has 1 N–H and O–H groups in total. The van der Waals surface area contributed by atoms with Crippen LogP contribution in [-0.2, 0) is 11.2 Å². The second kappa shape index (κ2) is 6.58. The molecular formula is C17H20N2O3S. The fourth-order valence-corrected chi connectivity index (χ4v) is 4.02. The number of aromatic nitrogens is 1. The summed E-state index contributed by atoms with van der Waals surface area (Å²) in [7, 11) is 1.65. The van der Waals surface area contributed by atoms with Gasteiger partial charge in [0.25, 0.3) is 0 Å². The highest BCUT2D eigenvalue weighted by Crippen LogP contribution is 2.36. The van der Waals surface area contributed by atoms with E-state index in [1.807, 2.05) is 25.1 Å². The zero-order valence-corrected chi connectivity index (χ0v) is 14.2. The second-order valence-corrected chi connectivity index (χ2v) is 6.78. The number of aliphatic carboxylic acids is 1. The standard InChI is InChI=1S/C17H20N2O3S/c1-11-9-12(5-6-13(11)22-2)16-14(10-15(20)21)23-17(18-16)19-7-3-4-8-19/h5-6,9H,3-4,7-8,10H2,1-2H3,(H,20,21). The number of benzene rings is 1. The van der Waals surface area contributed by atoms with E-state index in [-0.39, 0.29) is 6.42 Å². The number of carbonyl (C=O) groups is 1. The summed E-state index contributed by atoms with van der Waals surface area (Å²) in [6.45, 7) is 3.98. The summed E-state index contributed by atoms with van der Waals surface area (Å²) in [4.78, 5) is 19.0. The third-order valence-electron chi connectivity index (χ3n) is 4.04. The number of carboxylic acids is 1. The summed E-state index contributed by atoms with van der Waals surface area (Å²) in [5.74, 6) is -0.00311. The van der Waals surface area contributed by atoms with Gasteiger partial charge in [0.1, 0.15) is 5.75 Å². The van der Waals surface area contributed by atoms with Crippen molar-refractivity contribution in [3.63, 3.8) is 0 Å². The smallest absolute Gasteiger partial charge is 0.308 e. The highest BCUT2D eigenvalue weighted by atomic mass is 32.1. The minimum atomic E-state index is -0.826. The Labute approximate surface area is 139 Å². The number of methoxy groups -OCH3 is 1. The van der Waals surface area contributed by atoms with Gasteiger partial charge in [0.2, 0.25) is 0 Å². The van der Waals surface area contributed by atoms with E-state index >= 15 is 0 Å². The van der Waals surface area contributed by atoms with Crippen LogP contribution in [0.2, 0.25) is 0 Å². The number of hydrogen-bond donors (Lipinski definition) is 1. The molecule has 0 bridgehead atoms. The number of carboxylic acid groups (broad SMARTS) is 1. The van der Waals surface area contributed by atoms with Gasteiger partial charge in [0, 0.05) is 23.5 Å². The maximum Gasteiger partial charge on any atom is 0.308 e. The van der Waals surface area contributed by atoms with E-state index < -0.39 is 5.97 Å². The normalized spacial score (nSPS) is 14.3. The molecule has 2 aromatic rings. The van der Waals surface area contributed by atoms with Crippen LogP contribution in [-0.4, -0.2) is 36.3 Å². The van der Waals surface area contributed by atoms with Gasteiger partial charge in [-0.25, -0.2) is 4.98 Å². The molecule has 0 spiro atoms. The van der Waals surface area contributed by atoms with Gasteiger partial charge in [-0.3, -0.25) is 4.79 Å². The molecule has 2 heterocycles. The van der Waals surface area contributed by atoms with Crippen molar-refractivity contribution in [3.8, 4) is 17.0 Å². The van der Waals surface area contributed by atoms with Crippen molar-refractivity contribution < 1.29 is 14.6 Å². The molecule has 1 fully saturated rings. The van der Waals surface area contributed by atoms with E-state index in [1.165, 1.54) is 24.2 Å². The Bertz CT molecular complexity index is 721. The molecule has 122 valence electrons. The lowest BCUT2D eigenvalue weighted by Gasteiger charge is -2.12. The first-order valence-corrected chi connectivity index (χ1v) is 8.51. The van der Waals surface area contributed by atoms with E-state index in [2.05, 4.69) is 4.90 Å². The average molecular weight is 332 g/mol. The summed E-state index contributed by atoms with van der Waals surface area (Å²) in [5, 5.41) is 10.1. The lowest BCUT2D eigenvalue weighted by atomic mass is 10.1. The van der Waals surface area contributed by atoms with Crippen molar-refractivity contribution in [3.05, 3.63) is 28.6 Å². The van der Waals surface area contributed by atoms with E-state index in [0.717, 1.165) is 45.7 Å². The number of anilines is 1. The predicted octanol–water partition coefficient (Wildman–Crippen LogP) is 3.35.